The van der Waals surface area contributed by atoms with Crippen LogP contribution in [0.3, 0.4) is 0 Å². The molecule has 1 N–H and O–H groups in total. The van der Waals surface area contributed by atoms with E-state index in [4.69, 9.17) is 9.47 Å². The van der Waals surface area contributed by atoms with Gasteiger partial charge >= 0.3 is 0 Å². The Balaban J connectivity index is 2.43. The number of carbonyl (C=O) groups excluding carboxylic acids is 1. The third-order valence-corrected chi connectivity index (χ3v) is 3.71. The Hall–Kier alpha value is -3.09. The fourth-order valence-corrected chi connectivity index (χ4v) is 2.22. The Kier molecular flexibility index (Phi) is 5.03. The molecule has 0 saturated carbocycles. The lowest BCUT2D eigenvalue weighted by Crippen LogP contribution is -2.14. The number of carbonyl (C=O) groups is 1. The number of anilines is 1. The van der Waals surface area contributed by atoms with Crippen molar-refractivity contribution in [2.75, 3.05) is 19.5 Å². The average Bonchev–Trinajstić information content (AvgIpc) is 2.56. The molecule has 2 aromatic carbocycles. The van der Waals surface area contributed by atoms with Crippen LogP contribution in [0.5, 0.6) is 11.5 Å². The molecule has 0 aliphatic carbocycles. The molecule has 0 bridgehead atoms. The third-order valence-electron chi connectivity index (χ3n) is 3.71. The summed E-state index contributed by atoms with van der Waals surface area (Å²) in [5.41, 5.74) is 2.21. The second-order valence-corrected chi connectivity index (χ2v) is 5.23. The maximum Gasteiger partial charge on any atom is 0.286 e. The predicted molar refractivity (Wildman–Crippen MR) is 90.1 cm³/mol. The number of hydrogen-bond donors (Lipinski definition) is 1. The number of nitro benzene ring substituents is 1. The van der Waals surface area contributed by atoms with Crippen molar-refractivity contribution >= 4 is 17.3 Å². The SMILES string of the molecule is COc1cc(C(=O)Nc2ccc(C)c(C)c2)c([N+](=O)[O-])cc1OC. The van der Waals surface area contributed by atoms with Crippen molar-refractivity contribution in [2.45, 2.75) is 13.8 Å². The van der Waals surface area contributed by atoms with Crippen LogP contribution in [0.25, 0.3) is 0 Å². The summed E-state index contributed by atoms with van der Waals surface area (Å²) in [6, 6.07) is 7.89. The van der Waals surface area contributed by atoms with Gasteiger partial charge in [0.1, 0.15) is 5.56 Å². The van der Waals surface area contributed by atoms with Crippen LogP contribution in [0.2, 0.25) is 0 Å². The van der Waals surface area contributed by atoms with Gasteiger partial charge in [0.15, 0.2) is 11.5 Å². The summed E-state index contributed by atoms with van der Waals surface area (Å²) in [4.78, 5) is 23.1. The van der Waals surface area contributed by atoms with Gasteiger partial charge < -0.3 is 14.8 Å². The number of amides is 1. The number of ether oxygens (including phenoxy) is 2. The highest BCUT2D eigenvalue weighted by Crippen LogP contribution is 2.34. The minimum atomic E-state index is -0.628. The van der Waals surface area contributed by atoms with E-state index in [9.17, 15) is 14.9 Å². The zero-order valence-corrected chi connectivity index (χ0v) is 13.9. The van der Waals surface area contributed by atoms with Gasteiger partial charge in [0.2, 0.25) is 0 Å². The molecule has 2 aromatic rings. The van der Waals surface area contributed by atoms with E-state index in [1.54, 1.807) is 12.1 Å². The van der Waals surface area contributed by atoms with E-state index in [1.807, 2.05) is 19.9 Å². The predicted octanol–water partition coefficient (Wildman–Crippen LogP) is 3.48. The monoisotopic (exact) mass is 330 g/mol. The van der Waals surface area contributed by atoms with Crippen LogP contribution in [-0.4, -0.2) is 25.1 Å². The summed E-state index contributed by atoms with van der Waals surface area (Å²) in [5.74, 6) is -0.161. The average molecular weight is 330 g/mol. The molecule has 24 heavy (non-hydrogen) atoms. The Morgan fingerprint density at radius 1 is 1.04 bits per heavy atom. The first-order valence-electron chi connectivity index (χ1n) is 7.16. The molecule has 0 heterocycles. The Labute approximate surface area is 139 Å². The highest BCUT2D eigenvalue weighted by Gasteiger charge is 2.24. The molecule has 1 amide bonds. The number of methoxy groups -OCH3 is 2. The van der Waals surface area contributed by atoms with Gasteiger partial charge in [-0.05, 0) is 37.1 Å². The fraction of sp³-hybridized carbons (Fsp3) is 0.235. The molecule has 0 aromatic heterocycles. The molecule has 2 rings (SSSR count). The molecule has 7 heteroatoms. The third kappa shape index (κ3) is 3.45. The van der Waals surface area contributed by atoms with Gasteiger partial charge in [-0.1, -0.05) is 6.07 Å². The second kappa shape index (κ2) is 6.99. The van der Waals surface area contributed by atoms with Crippen molar-refractivity contribution in [1.82, 2.24) is 0 Å². The molecule has 0 unspecified atom stereocenters. The number of rotatable bonds is 5. The molecule has 0 radical (unpaired) electrons. The van der Waals surface area contributed by atoms with E-state index < -0.39 is 10.8 Å². The van der Waals surface area contributed by atoms with Gasteiger partial charge in [-0.25, -0.2) is 0 Å². The zero-order valence-electron chi connectivity index (χ0n) is 13.9. The van der Waals surface area contributed by atoms with Crippen molar-refractivity contribution in [3.05, 3.63) is 57.1 Å². The minimum Gasteiger partial charge on any atom is -0.493 e. The summed E-state index contributed by atoms with van der Waals surface area (Å²) in [7, 11) is 2.77. The maximum atomic E-state index is 12.5. The molecule has 7 nitrogen and oxygen atoms in total. The van der Waals surface area contributed by atoms with Crippen molar-refractivity contribution in [2.24, 2.45) is 0 Å². The van der Waals surface area contributed by atoms with Crippen molar-refractivity contribution in [1.29, 1.82) is 0 Å². The lowest BCUT2D eigenvalue weighted by Gasteiger charge is -2.11. The molecule has 0 spiro atoms. The molecule has 0 aliphatic heterocycles. The first-order valence-corrected chi connectivity index (χ1v) is 7.16. The van der Waals surface area contributed by atoms with Crippen LogP contribution in [0, 0.1) is 24.0 Å². The Bertz CT molecular complexity index is 802. The summed E-state index contributed by atoms with van der Waals surface area (Å²) in [5, 5.41) is 13.9. The van der Waals surface area contributed by atoms with E-state index in [-0.39, 0.29) is 22.7 Å². The van der Waals surface area contributed by atoms with Crippen LogP contribution >= 0.6 is 0 Å². The number of aryl methyl sites for hydroxylation is 2. The van der Waals surface area contributed by atoms with Gasteiger partial charge in [0.25, 0.3) is 11.6 Å². The van der Waals surface area contributed by atoms with E-state index in [0.717, 1.165) is 11.1 Å². The van der Waals surface area contributed by atoms with Crippen LogP contribution in [-0.2, 0) is 0 Å². The summed E-state index contributed by atoms with van der Waals surface area (Å²) >= 11 is 0. The smallest absolute Gasteiger partial charge is 0.286 e. The van der Waals surface area contributed by atoms with Gasteiger partial charge in [0.05, 0.1) is 25.2 Å². The number of benzene rings is 2. The van der Waals surface area contributed by atoms with E-state index in [2.05, 4.69) is 5.32 Å². The quantitative estimate of drug-likeness (QED) is 0.669. The second-order valence-electron chi connectivity index (χ2n) is 5.23. The molecule has 0 atom stereocenters. The molecule has 0 fully saturated rings. The van der Waals surface area contributed by atoms with E-state index in [1.165, 1.54) is 26.4 Å². The van der Waals surface area contributed by atoms with Gasteiger partial charge in [-0.15, -0.1) is 0 Å². The molecule has 0 saturated heterocycles. The van der Waals surface area contributed by atoms with Crippen LogP contribution in [0.15, 0.2) is 30.3 Å². The largest absolute Gasteiger partial charge is 0.493 e. The van der Waals surface area contributed by atoms with Gasteiger partial charge in [-0.2, -0.15) is 0 Å². The van der Waals surface area contributed by atoms with E-state index >= 15 is 0 Å². The van der Waals surface area contributed by atoms with Gasteiger partial charge in [0, 0.05) is 11.8 Å². The molecular weight excluding hydrogens is 312 g/mol. The van der Waals surface area contributed by atoms with Crippen molar-refractivity contribution in [3.8, 4) is 11.5 Å². The van der Waals surface area contributed by atoms with Crippen LogP contribution < -0.4 is 14.8 Å². The standard InChI is InChI=1S/C17H18N2O5/c1-10-5-6-12(7-11(10)2)18-17(20)13-8-15(23-3)16(24-4)9-14(13)19(21)22/h5-9H,1-4H3,(H,18,20). The Morgan fingerprint density at radius 2 is 1.67 bits per heavy atom. The van der Waals surface area contributed by atoms with Gasteiger partial charge in [-0.3, -0.25) is 14.9 Å². The first-order chi connectivity index (χ1) is 11.4. The first kappa shape index (κ1) is 17.3. The van der Waals surface area contributed by atoms with Crippen LogP contribution in [0.1, 0.15) is 21.5 Å². The topological polar surface area (TPSA) is 90.7 Å². The summed E-state index contributed by atoms with van der Waals surface area (Å²) in [6.07, 6.45) is 0. The number of nitrogens with one attached hydrogen (secondary N) is 1. The maximum absolute atomic E-state index is 12.5. The lowest BCUT2D eigenvalue weighted by atomic mass is 10.1. The van der Waals surface area contributed by atoms with E-state index in [0.29, 0.717) is 5.69 Å². The summed E-state index contributed by atoms with van der Waals surface area (Å²) < 4.78 is 10.2. The van der Waals surface area contributed by atoms with Crippen molar-refractivity contribution < 1.29 is 19.2 Å². The number of hydrogen-bond acceptors (Lipinski definition) is 5. The summed E-state index contributed by atoms with van der Waals surface area (Å²) in [6.45, 7) is 3.88. The highest BCUT2D eigenvalue weighted by molar-refractivity contribution is 6.07. The van der Waals surface area contributed by atoms with Crippen molar-refractivity contribution in [3.63, 3.8) is 0 Å². The normalized spacial score (nSPS) is 10.2. The highest BCUT2D eigenvalue weighted by atomic mass is 16.6. The molecule has 0 aliphatic rings. The lowest BCUT2D eigenvalue weighted by molar-refractivity contribution is -0.385. The zero-order chi connectivity index (χ0) is 17.9. The number of nitro groups is 1. The minimum absolute atomic E-state index is 0.101. The molecule has 126 valence electrons. The fourth-order valence-electron chi connectivity index (χ4n) is 2.22. The Morgan fingerprint density at radius 3 is 2.21 bits per heavy atom. The molecular formula is C17H18N2O5. The number of nitrogens with zero attached hydrogens (tertiary/aromatic N) is 1. The van der Waals surface area contributed by atoms with Crippen LogP contribution in [0.4, 0.5) is 11.4 Å².